The molecule has 0 saturated carbocycles. The number of carbonyl (C=O) groups excluding carboxylic acids is 2. The molecule has 3 heterocycles. The van der Waals surface area contributed by atoms with Crippen molar-refractivity contribution in [2.45, 2.75) is 26.1 Å². The number of amides is 1. The van der Waals surface area contributed by atoms with Crippen LogP contribution in [0.3, 0.4) is 0 Å². The van der Waals surface area contributed by atoms with Gasteiger partial charge in [-0.1, -0.05) is 42.0 Å². The number of rotatable bonds is 7. The van der Waals surface area contributed by atoms with E-state index in [1.54, 1.807) is 67.3 Å². The maximum atomic E-state index is 13.2. The molecule has 7 heteroatoms. The Bertz CT molecular complexity index is 1450. The second-order valence-electron chi connectivity index (χ2n) is 8.88. The van der Waals surface area contributed by atoms with E-state index in [2.05, 4.69) is 16.0 Å². The lowest BCUT2D eigenvalue weighted by atomic mass is 9.96. The van der Waals surface area contributed by atoms with Crippen LogP contribution in [0.5, 0.6) is 5.75 Å². The van der Waals surface area contributed by atoms with Crippen LogP contribution in [0.4, 0.5) is 0 Å². The van der Waals surface area contributed by atoms with Gasteiger partial charge in [-0.05, 0) is 60.0 Å². The number of aryl methyl sites for hydroxylation is 1. The third-order valence-electron chi connectivity index (χ3n) is 6.23. The van der Waals surface area contributed by atoms with Gasteiger partial charge in [0.1, 0.15) is 18.1 Å². The highest BCUT2D eigenvalue weighted by Crippen LogP contribution is 2.40. The molecule has 37 heavy (non-hydrogen) atoms. The van der Waals surface area contributed by atoms with Crippen molar-refractivity contribution >= 4 is 17.4 Å². The molecule has 1 aliphatic rings. The molecule has 2 aromatic heterocycles. The van der Waals surface area contributed by atoms with Crippen molar-refractivity contribution in [2.24, 2.45) is 0 Å². The molecule has 0 spiro atoms. The average molecular weight is 492 g/mol. The Morgan fingerprint density at radius 2 is 1.65 bits per heavy atom. The van der Waals surface area contributed by atoms with Crippen LogP contribution in [0, 0.1) is 6.92 Å². The van der Waals surface area contributed by atoms with Gasteiger partial charge < -0.3 is 14.7 Å². The average Bonchev–Trinajstić information content (AvgIpc) is 3.18. The summed E-state index contributed by atoms with van der Waals surface area (Å²) in [6.07, 6.45) is 6.51. The first-order chi connectivity index (χ1) is 18.0. The van der Waals surface area contributed by atoms with Gasteiger partial charge in [0.2, 0.25) is 0 Å². The summed E-state index contributed by atoms with van der Waals surface area (Å²) >= 11 is 0. The first kappa shape index (κ1) is 23.9. The van der Waals surface area contributed by atoms with Gasteiger partial charge in [-0.15, -0.1) is 0 Å². The smallest absolute Gasteiger partial charge is 0.295 e. The van der Waals surface area contributed by atoms with Crippen LogP contribution in [0.1, 0.15) is 33.9 Å². The lowest BCUT2D eigenvalue weighted by Crippen LogP contribution is -2.29. The number of aromatic nitrogens is 2. The Hall–Kier alpha value is -4.78. The molecule has 7 nitrogen and oxygen atoms in total. The summed E-state index contributed by atoms with van der Waals surface area (Å²) in [6.45, 7) is 2.61. The molecule has 0 radical (unpaired) electrons. The molecule has 2 aromatic carbocycles. The molecule has 1 aliphatic heterocycles. The third kappa shape index (κ3) is 5.11. The summed E-state index contributed by atoms with van der Waals surface area (Å²) < 4.78 is 5.88. The standard InChI is InChI=1S/C30H25N3O4/c1-20-5-2-6-21(15-20)19-37-25-11-9-23(10-12-25)28(34)26-27(24-8-4-14-32-17-24)33(30(36)29(26)35)18-22-7-3-13-31-16-22/h2-17,27,34H,18-19H2,1H3. The molecule has 1 N–H and O–H groups in total. The van der Waals surface area contributed by atoms with E-state index in [4.69, 9.17) is 4.74 Å². The minimum atomic E-state index is -0.786. The summed E-state index contributed by atoms with van der Waals surface area (Å²) in [7, 11) is 0. The number of aliphatic hydroxyl groups excluding tert-OH is 1. The molecule has 1 unspecified atom stereocenters. The number of hydrogen-bond acceptors (Lipinski definition) is 6. The van der Waals surface area contributed by atoms with Crippen LogP contribution in [0.25, 0.3) is 5.76 Å². The zero-order valence-electron chi connectivity index (χ0n) is 20.2. The summed E-state index contributed by atoms with van der Waals surface area (Å²) in [5, 5.41) is 11.3. The number of pyridine rings is 2. The molecular weight excluding hydrogens is 466 g/mol. The van der Waals surface area contributed by atoms with Crippen molar-refractivity contribution in [3.8, 4) is 5.75 Å². The molecule has 4 aromatic rings. The van der Waals surface area contributed by atoms with E-state index in [-0.39, 0.29) is 17.9 Å². The second kappa shape index (κ2) is 10.5. The van der Waals surface area contributed by atoms with Gasteiger partial charge in [0.15, 0.2) is 0 Å². The molecule has 184 valence electrons. The first-order valence-corrected chi connectivity index (χ1v) is 11.9. The number of likely N-dealkylation sites (tertiary alicyclic amines) is 1. The predicted octanol–water partition coefficient (Wildman–Crippen LogP) is 4.99. The van der Waals surface area contributed by atoms with E-state index in [1.807, 2.05) is 31.2 Å². The zero-order valence-corrected chi connectivity index (χ0v) is 20.2. The maximum Gasteiger partial charge on any atom is 0.295 e. The van der Waals surface area contributed by atoms with E-state index >= 15 is 0 Å². The van der Waals surface area contributed by atoms with Gasteiger partial charge in [-0.3, -0.25) is 19.6 Å². The molecule has 1 fully saturated rings. The Labute approximate surface area is 214 Å². The van der Waals surface area contributed by atoms with Crippen LogP contribution < -0.4 is 4.74 Å². The summed E-state index contributed by atoms with van der Waals surface area (Å²) in [5.41, 5.74) is 4.05. The quantitative estimate of drug-likeness (QED) is 0.223. The van der Waals surface area contributed by atoms with Crippen molar-refractivity contribution in [2.75, 3.05) is 0 Å². The van der Waals surface area contributed by atoms with Crippen molar-refractivity contribution in [1.29, 1.82) is 0 Å². The lowest BCUT2D eigenvalue weighted by molar-refractivity contribution is -0.140. The van der Waals surface area contributed by atoms with E-state index in [9.17, 15) is 14.7 Å². The number of Topliss-reactive ketones (excluding diaryl/α,β-unsaturated/α-hetero) is 1. The van der Waals surface area contributed by atoms with E-state index < -0.39 is 17.7 Å². The van der Waals surface area contributed by atoms with Gasteiger partial charge in [-0.25, -0.2) is 0 Å². The molecule has 0 bridgehead atoms. The van der Waals surface area contributed by atoms with E-state index in [1.165, 1.54) is 4.90 Å². The Balaban J connectivity index is 1.45. The molecule has 5 rings (SSSR count). The summed E-state index contributed by atoms with van der Waals surface area (Å²) in [6, 6.07) is 21.2. The zero-order chi connectivity index (χ0) is 25.8. The number of benzene rings is 2. The normalized spacial score (nSPS) is 16.7. The molecule has 1 amide bonds. The number of ether oxygens (including phenoxy) is 1. The summed E-state index contributed by atoms with van der Waals surface area (Å²) in [5.74, 6) is -1.04. The van der Waals surface area contributed by atoms with Crippen molar-refractivity contribution in [1.82, 2.24) is 14.9 Å². The van der Waals surface area contributed by atoms with E-state index in [0.29, 0.717) is 23.5 Å². The number of aliphatic hydroxyl groups is 1. The number of hydrogen-bond donors (Lipinski definition) is 1. The van der Waals surface area contributed by atoms with Gasteiger partial charge in [0, 0.05) is 36.9 Å². The minimum Gasteiger partial charge on any atom is -0.507 e. The van der Waals surface area contributed by atoms with Gasteiger partial charge in [0.05, 0.1) is 11.6 Å². The fourth-order valence-electron chi connectivity index (χ4n) is 4.45. The van der Waals surface area contributed by atoms with E-state index in [0.717, 1.165) is 16.7 Å². The Kier molecular flexibility index (Phi) is 6.76. The summed E-state index contributed by atoms with van der Waals surface area (Å²) in [4.78, 5) is 36.0. The highest BCUT2D eigenvalue weighted by molar-refractivity contribution is 6.46. The fraction of sp³-hybridized carbons (Fsp3) is 0.133. The number of carbonyl (C=O) groups is 2. The monoisotopic (exact) mass is 491 g/mol. The van der Waals surface area contributed by atoms with Crippen LogP contribution in [-0.2, 0) is 22.7 Å². The topological polar surface area (TPSA) is 92.6 Å². The predicted molar refractivity (Wildman–Crippen MR) is 138 cm³/mol. The lowest BCUT2D eigenvalue weighted by Gasteiger charge is -2.25. The minimum absolute atomic E-state index is 0.0234. The van der Waals surface area contributed by atoms with Crippen LogP contribution >= 0.6 is 0 Å². The highest BCUT2D eigenvalue weighted by Gasteiger charge is 2.46. The van der Waals surface area contributed by atoms with Crippen LogP contribution in [0.2, 0.25) is 0 Å². The van der Waals surface area contributed by atoms with Gasteiger partial charge >= 0.3 is 0 Å². The Morgan fingerprint density at radius 3 is 2.32 bits per heavy atom. The van der Waals surface area contributed by atoms with Gasteiger partial charge in [-0.2, -0.15) is 0 Å². The molecule has 1 saturated heterocycles. The van der Waals surface area contributed by atoms with Crippen LogP contribution in [0.15, 0.2) is 103 Å². The van der Waals surface area contributed by atoms with Gasteiger partial charge in [0.25, 0.3) is 11.7 Å². The Morgan fingerprint density at radius 1 is 0.919 bits per heavy atom. The third-order valence-corrected chi connectivity index (χ3v) is 6.23. The van der Waals surface area contributed by atoms with Crippen LogP contribution in [-0.4, -0.2) is 31.7 Å². The SMILES string of the molecule is Cc1cccc(COc2ccc(C(O)=C3C(=O)C(=O)N(Cc4cccnc4)C3c3cccnc3)cc2)c1. The number of nitrogens with zero attached hydrogens (tertiary/aromatic N) is 3. The maximum absolute atomic E-state index is 13.2. The largest absolute Gasteiger partial charge is 0.507 e. The van der Waals surface area contributed by atoms with Crippen molar-refractivity contribution in [3.05, 3.63) is 131 Å². The highest BCUT2D eigenvalue weighted by atomic mass is 16.5. The molecule has 1 atom stereocenters. The first-order valence-electron chi connectivity index (χ1n) is 11.9. The van der Waals surface area contributed by atoms with Crippen molar-refractivity contribution in [3.63, 3.8) is 0 Å². The number of ketones is 1. The van der Waals surface area contributed by atoms with Crippen molar-refractivity contribution < 1.29 is 19.4 Å². The molecule has 0 aliphatic carbocycles. The molecular formula is C30H25N3O4. The fourth-order valence-corrected chi connectivity index (χ4v) is 4.45. The second-order valence-corrected chi connectivity index (χ2v) is 8.88.